The average Bonchev–Trinajstić information content (AvgIpc) is 3.16. The maximum Gasteiger partial charge on any atom is 0.252 e. The van der Waals surface area contributed by atoms with Gasteiger partial charge >= 0.3 is 0 Å². The predicted molar refractivity (Wildman–Crippen MR) is 248 cm³/mol. The van der Waals surface area contributed by atoms with Gasteiger partial charge in [-0.2, -0.15) is 0 Å². The molecular weight excluding hydrogens is 706 g/mol. The maximum absolute atomic E-state index is 6.91. The van der Waals surface area contributed by atoms with Crippen LogP contribution in [0, 0.1) is 6.92 Å². The Bertz CT molecular complexity index is 3160. The Kier molecular flexibility index (Phi) is 6.31. The standard InChI is InChI=1S/C52H46B2O2Si/c1-27-19-31-33-20-28(51(2,3)4)22-42-49(33)54(37-16-12-14-18-41(37)55-42)39-25-35-44(57(8,9)10)26-32-34-21-29(52(5,6)7)23-43-50(34)53(36-15-11-13-17-40(36)56-43)38-24-30(27)47(45(31)39)48(35)46(32)38/h11-26H,1-10H3. The van der Waals surface area contributed by atoms with E-state index in [0.717, 1.165) is 23.0 Å². The largest absolute Gasteiger partial charge is 0.458 e. The third-order valence-electron chi connectivity index (χ3n) is 13.9. The predicted octanol–water partition coefficient (Wildman–Crippen LogP) is 9.24. The van der Waals surface area contributed by atoms with Gasteiger partial charge in [0, 0.05) is 0 Å². The van der Waals surface area contributed by atoms with Gasteiger partial charge in [-0.1, -0.05) is 150 Å². The van der Waals surface area contributed by atoms with Crippen molar-refractivity contribution in [2.24, 2.45) is 0 Å². The molecule has 0 aliphatic carbocycles. The van der Waals surface area contributed by atoms with E-state index in [4.69, 9.17) is 9.47 Å². The molecule has 0 radical (unpaired) electrons. The van der Waals surface area contributed by atoms with E-state index in [2.05, 4.69) is 165 Å². The van der Waals surface area contributed by atoms with Crippen molar-refractivity contribution in [3.8, 4) is 45.3 Å². The molecule has 0 saturated carbocycles. The molecule has 0 fully saturated rings. The van der Waals surface area contributed by atoms with Crippen molar-refractivity contribution in [1.29, 1.82) is 0 Å². The first-order chi connectivity index (χ1) is 27.1. The second kappa shape index (κ2) is 10.6. The number of ether oxygens (including phenoxy) is 2. The smallest absolute Gasteiger partial charge is 0.252 e. The molecule has 0 saturated heterocycles. The van der Waals surface area contributed by atoms with Crippen LogP contribution in [-0.2, 0) is 10.8 Å². The number of rotatable bonds is 1. The number of para-hydroxylation sites is 2. The summed E-state index contributed by atoms with van der Waals surface area (Å²) in [6, 6.07) is 37.6. The Morgan fingerprint density at radius 2 is 0.912 bits per heavy atom. The fourth-order valence-corrected chi connectivity index (χ4v) is 12.7. The second-order valence-corrected chi connectivity index (χ2v) is 25.5. The Morgan fingerprint density at radius 3 is 1.40 bits per heavy atom. The van der Waals surface area contributed by atoms with Crippen molar-refractivity contribution in [3.63, 3.8) is 0 Å². The minimum Gasteiger partial charge on any atom is -0.458 e. The van der Waals surface area contributed by atoms with Gasteiger partial charge < -0.3 is 9.47 Å². The van der Waals surface area contributed by atoms with Crippen molar-refractivity contribution in [2.45, 2.75) is 78.9 Å². The normalized spacial score (nSPS) is 14.7. The van der Waals surface area contributed by atoms with Crippen molar-refractivity contribution >= 4 is 91.8 Å². The minimum atomic E-state index is -1.92. The van der Waals surface area contributed by atoms with Gasteiger partial charge in [-0.15, -0.1) is 0 Å². The van der Waals surface area contributed by atoms with Gasteiger partial charge in [0.1, 0.15) is 23.0 Å². The highest BCUT2D eigenvalue weighted by molar-refractivity contribution is 7.02. The van der Waals surface area contributed by atoms with Gasteiger partial charge in [0.2, 0.25) is 0 Å². The molecular formula is C52H46B2O2Si. The lowest BCUT2D eigenvalue weighted by atomic mass is 9.32. The van der Waals surface area contributed by atoms with Crippen LogP contribution in [0.5, 0.6) is 23.0 Å². The number of fused-ring (bicyclic) bond motifs is 8. The number of benzene rings is 8. The van der Waals surface area contributed by atoms with Gasteiger partial charge in [-0.05, 0) is 135 Å². The summed E-state index contributed by atoms with van der Waals surface area (Å²) in [5.74, 6) is 3.96. The summed E-state index contributed by atoms with van der Waals surface area (Å²) in [5, 5.41) is 10.1. The summed E-state index contributed by atoms with van der Waals surface area (Å²) >= 11 is 0. The molecule has 0 amide bonds. The zero-order valence-electron chi connectivity index (χ0n) is 34.7. The lowest BCUT2D eigenvalue weighted by Crippen LogP contribution is -2.58. The topological polar surface area (TPSA) is 18.5 Å². The first-order valence-corrected chi connectivity index (χ1v) is 24.3. The second-order valence-electron chi connectivity index (χ2n) is 20.5. The van der Waals surface area contributed by atoms with E-state index in [-0.39, 0.29) is 24.3 Å². The van der Waals surface area contributed by atoms with Crippen LogP contribution in [0.15, 0.2) is 97.1 Å². The molecule has 0 unspecified atom stereocenters. The summed E-state index contributed by atoms with van der Waals surface area (Å²) in [5.41, 5.74) is 17.3. The highest BCUT2D eigenvalue weighted by Gasteiger charge is 2.45. The highest BCUT2D eigenvalue weighted by Crippen LogP contribution is 2.48. The van der Waals surface area contributed by atoms with Gasteiger partial charge in [0.05, 0.1) is 8.07 Å². The average molecular weight is 753 g/mol. The molecule has 8 aromatic carbocycles. The number of aryl methyl sites for hydroxylation is 1. The van der Waals surface area contributed by atoms with E-state index in [1.54, 1.807) is 0 Å². The zero-order chi connectivity index (χ0) is 39.2. The lowest BCUT2D eigenvalue weighted by Gasteiger charge is -2.39. The van der Waals surface area contributed by atoms with Crippen LogP contribution in [0.1, 0.15) is 58.2 Å². The molecule has 4 aliphatic rings. The molecule has 12 rings (SSSR count). The summed E-state index contributed by atoms with van der Waals surface area (Å²) in [4.78, 5) is 0. The Labute approximate surface area is 337 Å². The molecule has 4 heterocycles. The molecule has 0 spiro atoms. The van der Waals surface area contributed by atoms with Crippen molar-refractivity contribution < 1.29 is 9.47 Å². The summed E-state index contributed by atoms with van der Waals surface area (Å²) in [6.45, 7) is 24.1. The monoisotopic (exact) mass is 752 g/mol. The number of hydrogen-bond donors (Lipinski definition) is 0. The van der Waals surface area contributed by atoms with Crippen LogP contribution >= 0.6 is 0 Å². The van der Waals surface area contributed by atoms with Gasteiger partial charge in [0.25, 0.3) is 13.4 Å². The maximum atomic E-state index is 6.91. The lowest BCUT2D eigenvalue weighted by molar-refractivity contribution is 0.483. The zero-order valence-corrected chi connectivity index (χ0v) is 35.7. The molecule has 0 aromatic heterocycles. The summed E-state index contributed by atoms with van der Waals surface area (Å²) in [6.07, 6.45) is 0. The van der Waals surface area contributed by atoms with Crippen LogP contribution in [-0.4, -0.2) is 21.5 Å². The first-order valence-electron chi connectivity index (χ1n) is 20.8. The van der Waals surface area contributed by atoms with E-state index in [9.17, 15) is 0 Å². The minimum absolute atomic E-state index is 0.0361. The molecule has 0 atom stereocenters. The quantitative estimate of drug-likeness (QED) is 0.123. The molecule has 0 N–H and O–H groups in total. The van der Waals surface area contributed by atoms with E-state index in [1.807, 2.05) is 0 Å². The summed E-state index contributed by atoms with van der Waals surface area (Å²) < 4.78 is 13.8. The SMILES string of the molecule is Cc1cc2c3c(cc4c([Si](C)(C)C)cc5c6c(cc1c3c46)B1c3ccccc3Oc3cc(C(C)(C)C)cc-5c31)B1c3ccccc3Oc3cc(C(C)(C)C)cc-2c31. The number of hydrogen-bond acceptors (Lipinski definition) is 2. The summed E-state index contributed by atoms with van der Waals surface area (Å²) in [7, 11) is -1.92. The molecule has 57 heavy (non-hydrogen) atoms. The first kappa shape index (κ1) is 33.8. The van der Waals surface area contributed by atoms with Crippen LogP contribution in [0.3, 0.4) is 0 Å². The van der Waals surface area contributed by atoms with E-state index >= 15 is 0 Å². The molecule has 276 valence electrons. The van der Waals surface area contributed by atoms with Gasteiger partial charge in [-0.25, -0.2) is 0 Å². The fraction of sp³-hybridized carbons (Fsp3) is 0.231. The Balaban J connectivity index is 1.32. The molecule has 5 heteroatoms. The van der Waals surface area contributed by atoms with E-state index < -0.39 is 8.07 Å². The van der Waals surface area contributed by atoms with E-state index in [1.165, 1.54) is 109 Å². The molecule has 4 aliphatic heterocycles. The molecule has 2 nitrogen and oxygen atoms in total. The van der Waals surface area contributed by atoms with Crippen LogP contribution in [0.25, 0.3) is 54.6 Å². The van der Waals surface area contributed by atoms with E-state index in [0.29, 0.717) is 0 Å². The van der Waals surface area contributed by atoms with Gasteiger partial charge in [0.15, 0.2) is 0 Å². The Hall–Kier alpha value is -5.25. The molecule has 8 aromatic rings. The van der Waals surface area contributed by atoms with Gasteiger partial charge in [-0.3, -0.25) is 0 Å². The fourth-order valence-electron chi connectivity index (χ4n) is 11.1. The van der Waals surface area contributed by atoms with Crippen molar-refractivity contribution in [1.82, 2.24) is 0 Å². The van der Waals surface area contributed by atoms with Crippen molar-refractivity contribution in [3.05, 3.63) is 114 Å². The van der Waals surface area contributed by atoms with Crippen LogP contribution in [0.4, 0.5) is 0 Å². The van der Waals surface area contributed by atoms with Crippen LogP contribution < -0.4 is 47.4 Å². The third kappa shape index (κ3) is 4.34. The Morgan fingerprint density at radius 1 is 0.456 bits per heavy atom. The highest BCUT2D eigenvalue weighted by atomic mass is 28.3. The van der Waals surface area contributed by atoms with Crippen molar-refractivity contribution in [2.75, 3.05) is 0 Å². The molecule has 0 bridgehead atoms. The third-order valence-corrected chi connectivity index (χ3v) is 15.9. The van der Waals surface area contributed by atoms with Crippen LogP contribution in [0.2, 0.25) is 19.6 Å².